The van der Waals surface area contributed by atoms with Crippen LogP contribution in [0.25, 0.3) is 0 Å². The Morgan fingerprint density at radius 3 is 2.50 bits per heavy atom. The summed E-state index contributed by atoms with van der Waals surface area (Å²) < 4.78 is 0. The fourth-order valence-electron chi connectivity index (χ4n) is 1.94. The maximum Gasteiger partial charge on any atom is 0.234 e. The molecular formula is C14H14N2O2. The summed E-state index contributed by atoms with van der Waals surface area (Å²) in [5.41, 5.74) is 7.74. The predicted octanol–water partition coefficient (Wildman–Crippen LogP) is 0.959. The van der Waals surface area contributed by atoms with E-state index in [9.17, 15) is 9.59 Å². The summed E-state index contributed by atoms with van der Waals surface area (Å²) in [6.45, 7) is 2.21. The van der Waals surface area contributed by atoms with Crippen molar-refractivity contribution < 1.29 is 9.59 Å². The van der Waals surface area contributed by atoms with Crippen molar-refractivity contribution in [2.45, 2.75) is 19.8 Å². The second-order valence-electron chi connectivity index (χ2n) is 4.13. The van der Waals surface area contributed by atoms with E-state index in [2.05, 4.69) is 11.8 Å². The number of nitrogens with two attached hydrogens (primary N) is 1. The van der Waals surface area contributed by atoms with E-state index in [4.69, 9.17) is 5.73 Å². The highest BCUT2D eigenvalue weighted by atomic mass is 16.2. The Hall–Kier alpha value is -2.12. The number of imide groups is 1. The van der Waals surface area contributed by atoms with Crippen LogP contribution in [0.2, 0.25) is 0 Å². The molecule has 1 fully saturated rings. The Morgan fingerprint density at radius 1 is 1.28 bits per heavy atom. The Kier molecular flexibility index (Phi) is 3.45. The Morgan fingerprint density at radius 2 is 1.94 bits per heavy atom. The van der Waals surface area contributed by atoms with Crippen molar-refractivity contribution in [1.82, 2.24) is 0 Å². The van der Waals surface area contributed by atoms with Gasteiger partial charge in [-0.2, -0.15) is 0 Å². The lowest BCUT2D eigenvalue weighted by atomic mass is 10.1. The summed E-state index contributed by atoms with van der Waals surface area (Å²) in [5.74, 6) is 5.45. The first kappa shape index (κ1) is 12.3. The Bertz CT molecular complexity index is 551. The number of aryl methyl sites for hydroxylation is 1. The number of hydrogen-bond donors (Lipinski definition) is 1. The van der Waals surface area contributed by atoms with Crippen LogP contribution in [-0.4, -0.2) is 18.4 Å². The van der Waals surface area contributed by atoms with Gasteiger partial charge in [-0.1, -0.05) is 11.8 Å². The molecule has 2 amide bonds. The molecular weight excluding hydrogens is 228 g/mol. The van der Waals surface area contributed by atoms with Gasteiger partial charge in [-0.05, 0) is 30.7 Å². The molecule has 4 nitrogen and oxygen atoms in total. The lowest BCUT2D eigenvalue weighted by Gasteiger charge is -2.14. The van der Waals surface area contributed by atoms with E-state index < -0.39 is 0 Å². The third-order valence-corrected chi connectivity index (χ3v) is 2.84. The molecule has 1 aliphatic heterocycles. The maximum absolute atomic E-state index is 11.6. The first-order chi connectivity index (χ1) is 8.63. The van der Waals surface area contributed by atoms with E-state index >= 15 is 0 Å². The minimum Gasteiger partial charge on any atom is -0.320 e. The van der Waals surface area contributed by atoms with E-state index in [1.54, 1.807) is 6.07 Å². The number of rotatable bonds is 1. The van der Waals surface area contributed by atoms with Gasteiger partial charge < -0.3 is 5.73 Å². The van der Waals surface area contributed by atoms with E-state index in [0.717, 1.165) is 11.1 Å². The van der Waals surface area contributed by atoms with Crippen molar-refractivity contribution in [1.29, 1.82) is 0 Å². The van der Waals surface area contributed by atoms with E-state index in [-0.39, 0.29) is 11.8 Å². The molecule has 0 unspecified atom stereocenters. The van der Waals surface area contributed by atoms with Gasteiger partial charge >= 0.3 is 0 Å². The molecule has 18 heavy (non-hydrogen) atoms. The first-order valence-corrected chi connectivity index (χ1v) is 5.79. The molecule has 0 aliphatic carbocycles. The topological polar surface area (TPSA) is 63.4 Å². The average Bonchev–Trinajstić information content (AvgIpc) is 2.68. The molecule has 4 heteroatoms. The highest BCUT2D eigenvalue weighted by molar-refractivity contribution is 6.19. The molecule has 1 aliphatic rings. The molecule has 92 valence electrons. The summed E-state index contributed by atoms with van der Waals surface area (Å²) in [5, 5.41) is 0. The van der Waals surface area contributed by atoms with Gasteiger partial charge in [-0.3, -0.25) is 14.5 Å². The van der Waals surface area contributed by atoms with Crippen LogP contribution in [0.4, 0.5) is 5.69 Å². The number of nitrogens with zero attached hydrogens (tertiary/aromatic N) is 1. The number of benzene rings is 1. The summed E-state index contributed by atoms with van der Waals surface area (Å²) in [6, 6.07) is 5.36. The average molecular weight is 242 g/mol. The number of carbonyl (C=O) groups excluding carboxylic acids is 2. The van der Waals surface area contributed by atoms with Crippen molar-refractivity contribution in [2.24, 2.45) is 5.73 Å². The van der Waals surface area contributed by atoms with Crippen LogP contribution in [0.5, 0.6) is 0 Å². The SMILES string of the molecule is Cc1cc(N2C(=O)CCC2=O)ccc1C#CCN. The zero-order chi connectivity index (χ0) is 13.1. The van der Waals surface area contributed by atoms with Crippen molar-refractivity contribution >= 4 is 17.5 Å². The summed E-state index contributed by atoms with van der Waals surface area (Å²) >= 11 is 0. The minimum atomic E-state index is -0.139. The van der Waals surface area contributed by atoms with Crippen LogP contribution in [0, 0.1) is 18.8 Å². The molecule has 0 bridgehead atoms. The minimum absolute atomic E-state index is 0.139. The Labute approximate surface area is 106 Å². The van der Waals surface area contributed by atoms with Gasteiger partial charge in [0.1, 0.15) is 0 Å². The third kappa shape index (κ3) is 2.27. The fraction of sp³-hybridized carbons (Fsp3) is 0.286. The zero-order valence-corrected chi connectivity index (χ0v) is 10.2. The lowest BCUT2D eigenvalue weighted by Crippen LogP contribution is -2.28. The summed E-state index contributed by atoms with van der Waals surface area (Å²) in [4.78, 5) is 24.5. The van der Waals surface area contributed by atoms with Crippen LogP contribution < -0.4 is 10.6 Å². The van der Waals surface area contributed by atoms with Crippen molar-refractivity contribution in [3.05, 3.63) is 29.3 Å². The molecule has 2 rings (SSSR count). The molecule has 1 aromatic rings. The van der Waals surface area contributed by atoms with Gasteiger partial charge in [-0.15, -0.1) is 0 Å². The van der Waals surface area contributed by atoms with E-state index in [1.807, 2.05) is 19.1 Å². The van der Waals surface area contributed by atoms with Crippen molar-refractivity contribution in [2.75, 3.05) is 11.4 Å². The van der Waals surface area contributed by atoms with E-state index in [0.29, 0.717) is 25.1 Å². The van der Waals surface area contributed by atoms with Gasteiger partial charge in [0, 0.05) is 18.4 Å². The van der Waals surface area contributed by atoms with E-state index in [1.165, 1.54) is 4.90 Å². The smallest absolute Gasteiger partial charge is 0.234 e. The van der Waals surface area contributed by atoms with Crippen molar-refractivity contribution in [3.8, 4) is 11.8 Å². The second kappa shape index (κ2) is 5.03. The van der Waals surface area contributed by atoms with Gasteiger partial charge in [-0.25, -0.2) is 0 Å². The van der Waals surface area contributed by atoms with Crippen LogP contribution in [0.15, 0.2) is 18.2 Å². The number of anilines is 1. The highest BCUT2D eigenvalue weighted by Crippen LogP contribution is 2.24. The lowest BCUT2D eigenvalue weighted by molar-refractivity contribution is -0.121. The molecule has 0 saturated carbocycles. The van der Waals surface area contributed by atoms with Crippen LogP contribution in [0.3, 0.4) is 0 Å². The molecule has 2 N–H and O–H groups in total. The zero-order valence-electron chi connectivity index (χ0n) is 10.2. The number of hydrogen-bond acceptors (Lipinski definition) is 3. The highest BCUT2D eigenvalue weighted by Gasteiger charge is 2.30. The van der Waals surface area contributed by atoms with Gasteiger partial charge in [0.25, 0.3) is 0 Å². The largest absolute Gasteiger partial charge is 0.320 e. The van der Waals surface area contributed by atoms with Crippen molar-refractivity contribution in [3.63, 3.8) is 0 Å². The monoisotopic (exact) mass is 242 g/mol. The molecule has 0 atom stereocenters. The van der Waals surface area contributed by atoms with Gasteiger partial charge in [0.2, 0.25) is 11.8 Å². The summed E-state index contributed by atoms with van der Waals surface area (Å²) in [6.07, 6.45) is 0.596. The second-order valence-corrected chi connectivity index (χ2v) is 4.13. The quantitative estimate of drug-likeness (QED) is 0.589. The molecule has 0 radical (unpaired) electrons. The first-order valence-electron chi connectivity index (χ1n) is 5.79. The van der Waals surface area contributed by atoms with Crippen LogP contribution in [0.1, 0.15) is 24.0 Å². The van der Waals surface area contributed by atoms with Crippen LogP contribution >= 0.6 is 0 Å². The molecule has 1 saturated heterocycles. The number of amides is 2. The maximum atomic E-state index is 11.6. The van der Waals surface area contributed by atoms with Gasteiger partial charge in [0.05, 0.1) is 12.2 Å². The third-order valence-electron chi connectivity index (χ3n) is 2.84. The van der Waals surface area contributed by atoms with Crippen LogP contribution in [-0.2, 0) is 9.59 Å². The number of carbonyl (C=O) groups is 2. The van der Waals surface area contributed by atoms with Gasteiger partial charge in [0.15, 0.2) is 0 Å². The fourth-order valence-corrected chi connectivity index (χ4v) is 1.94. The molecule has 1 aromatic carbocycles. The molecule has 1 heterocycles. The normalized spacial score (nSPS) is 14.7. The molecule has 0 aromatic heterocycles. The molecule has 0 spiro atoms. The predicted molar refractivity (Wildman–Crippen MR) is 68.8 cm³/mol. The Balaban J connectivity index is 2.34. The standard InChI is InChI=1S/C14H14N2O2/c1-10-9-12(5-4-11(10)3-2-8-15)16-13(17)6-7-14(16)18/h4-5,9H,6-8,15H2,1H3. The summed E-state index contributed by atoms with van der Waals surface area (Å²) in [7, 11) is 0.